The van der Waals surface area contributed by atoms with Gasteiger partial charge in [-0.2, -0.15) is 0 Å². The van der Waals surface area contributed by atoms with Crippen LogP contribution in [0.3, 0.4) is 0 Å². The predicted molar refractivity (Wildman–Crippen MR) is 107 cm³/mol. The molecule has 144 valence electrons. The van der Waals surface area contributed by atoms with Crippen LogP contribution in [-0.4, -0.2) is 42.8 Å². The number of nitrogens with zero attached hydrogens (tertiary/aromatic N) is 2. The van der Waals surface area contributed by atoms with Crippen molar-refractivity contribution in [3.8, 4) is 0 Å². The molecule has 0 fully saturated rings. The zero-order valence-electron chi connectivity index (χ0n) is 17.2. The van der Waals surface area contributed by atoms with Gasteiger partial charge in [0.2, 0.25) is 0 Å². The molecule has 1 amide bonds. The van der Waals surface area contributed by atoms with E-state index in [0.717, 1.165) is 32.5 Å². The van der Waals surface area contributed by atoms with Crippen LogP contribution in [0.4, 0.5) is 10.5 Å². The van der Waals surface area contributed by atoms with Gasteiger partial charge in [-0.3, -0.25) is 0 Å². The molecule has 1 aromatic carbocycles. The number of amides is 1. The molecule has 2 aliphatic heterocycles. The fourth-order valence-electron chi connectivity index (χ4n) is 4.38. The van der Waals surface area contributed by atoms with Crippen LogP contribution in [0.5, 0.6) is 0 Å². The second kappa shape index (κ2) is 7.50. The summed E-state index contributed by atoms with van der Waals surface area (Å²) < 4.78 is 5.59. The quantitative estimate of drug-likeness (QED) is 0.781. The molecule has 3 rings (SSSR count). The van der Waals surface area contributed by atoms with Gasteiger partial charge in [-0.25, -0.2) is 4.79 Å². The van der Waals surface area contributed by atoms with E-state index >= 15 is 0 Å². The van der Waals surface area contributed by atoms with Crippen molar-refractivity contribution < 1.29 is 9.53 Å². The lowest BCUT2D eigenvalue weighted by atomic mass is 9.89. The maximum absolute atomic E-state index is 12.5. The molecule has 0 saturated carbocycles. The molecule has 0 aromatic heterocycles. The number of hydrogen-bond acceptors (Lipinski definition) is 3. The second-order valence-corrected chi connectivity index (χ2v) is 8.70. The molecule has 0 unspecified atom stereocenters. The number of carbonyl (C=O) groups is 1. The Morgan fingerprint density at radius 3 is 2.54 bits per heavy atom. The van der Waals surface area contributed by atoms with Crippen molar-refractivity contribution in [3.63, 3.8) is 0 Å². The Balaban J connectivity index is 1.84. The SMILES string of the molecule is CCCN1CCCc2cc3c(c(C)c21)CCN(C(=O)OC(C)(C)C)CC3. The van der Waals surface area contributed by atoms with Crippen LogP contribution >= 0.6 is 0 Å². The fraction of sp³-hybridized carbons (Fsp3) is 0.682. The number of anilines is 1. The molecule has 0 bridgehead atoms. The lowest BCUT2D eigenvalue weighted by Crippen LogP contribution is -2.38. The van der Waals surface area contributed by atoms with Crippen molar-refractivity contribution in [1.29, 1.82) is 0 Å². The summed E-state index contributed by atoms with van der Waals surface area (Å²) >= 11 is 0. The van der Waals surface area contributed by atoms with E-state index in [1.165, 1.54) is 53.7 Å². The summed E-state index contributed by atoms with van der Waals surface area (Å²) in [4.78, 5) is 16.9. The van der Waals surface area contributed by atoms with Crippen molar-refractivity contribution in [2.24, 2.45) is 0 Å². The standard InChI is InChI=1S/C22H34N2O2/c1-6-11-23-12-7-8-18-15-17-9-13-24(21(25)26-22(3,4)5)14-10-19(17)16(2)20(18)23/h15H,6-14H2,1-5H3. The summed E-state index contributed by atoms with van der Waals surface area (Å²) in [5, 5.41) is 0. The Bertz CT molecular complexity index is 676. The Morgan fingerprint density at radius 2 is 1.85 bits per heavy atom. The van der Waals surface area contributed by atoms with Crippen molar-refractivity contribution in [2.45, 2.75) is 72.3 Å². The molecule has 0 N–H and O–H groups in total. The van der Waals surface area contributed by atoms with Gasteiger partial charge in [0.25, 0.3) is 0 Å². The van der Waals surface area contributed by atoms with E-state index in [0.29, 0.717) is 0 Å². The smallest absolute Gasteiger partial charge is 0.410 e. The van der Waals surface area contributed by atoms with E-state index < -0.39 is 5.60 Å². The predicted octanol–water partition coefficient (Wildman–Crippen LogP) is 4.49. The average molecular weight is 359 g/mol. The van der Waals surface area contributed by atoms with Crippen LogP contribution < -0.4 is 4.90 Å². The van der Waals surface area contributed by atoms with Crippen LogP contribution in [0.2, 0.25) is 0 Å². The van der Waals surface area contributed by atoms with E-state index in [-0.39, 0.29) is 6.09 Å². The van der Waals surface area contributed by atoms with Gasteiger partial charge >= 0.3 is 6.09 Å². The Hall–Kier alpha value is -1.71. The molecule has 0 aliphatic carbocycles. The normalized spacial score (nSPS) is 17.4. The summed E-state index contributed by atoms with van der Waals surface area (Å²) in [7, 11) is 0. The molecule has 0 spiro atoms. The van der Waals surface area contributed by atoms with Gasteiger partial charge in [-0.15, -0.1) is 0 Å². The van der Waals surface area contributed by atoms with Gasteiger partial charge in [-0.1, -0.05) is 13.0 Å². The minimum absolute atomic E-state index is 0.180. The zero-order valence-corrected chi connectivity index (χ0v) is 17.2. The van der Waals surface area contributed by atoms with E-state index in [9.17, 15) is 4.79 Å². The van der Waals surface area contributed by atoms with Crippen LogP contribution in [0.1, 0.15) is 62.8 Å². The summed E-state index contributed by atoms with van der Waals surface area (Å²) in [6, 6.07) is 2.43. The number of carbonyl (C=O) groups excluding carboxylic acids is 1. The monoisotopic (exact) mass is 358 g/mol. The highest BCUT2D eigenvalue weighted by atomic mass is 16.6. The largest absolute Gasteiger partial charge is 0.444 e. The third-order valence-corrected chi connectivity index (χ3v) is 5.47. The van der Waals surface area contributed by atoms with E-state index in [1.54, 1.807) is 0 Å². The maximum Gasteiger partial charge on any atom is 0.410 e. The summed E-state index contributed by atoms with van der Waals surface area (Å²) in [6.45, 7) is 14.1. The molecule has 4 nitrogen and oxygen atoms in total. The highest BCUT2D eigenvalue weighted by Gasteiger charge is 2.27. The van der Waals surface area contributed by atoms with Crippen LogP contribution in [0, 0.1) is 6.92 Å². The number of benzene rings is 1. The van der Waals surface area contributed by atoms with Crippen LogP contribution in [0.15, 0.2) is 6.07 Å². The minimum atomic E-state index is -0.439. The molecule has 0 radical (unpaired) electrons. The van der Waals surface area contributed by atoms with Gasteiger partial charge in [0.15, 0.2) is 0 Å². The van der Waals surface area contributed by atoms with Crippen molar-refractivity contribution >= 4 is 11.8 Å². The first kappa shape index (κ1) is 19.1. The zero-order chi connectivity index (χ0) is 18.9. The maximum atomic E-state index is 12.5. The van der Waals surface area contributed by atoms with E-state index in [2.05, 4.69) is 24.8 Å². The lowest BCUT2D eigenvalue weighted by molar-refractivity contribution is 0.0258. The van der Waals surface area contributed by atoms with E-state index in [4.69, 9.17) is 4.74 Å². The number of rotatable bonds is 2. The molecule has 2 aliphatic rings. The molecule has 1 aromatic rings. The van der Waals surface area contributed by atoms with Crippen LogP contribution in [-0.2, 0) is 24.0 Å². The second-order valence-electron chi connectivity index (χ2n) is 8.70. The number of hydrogen-bond donors (Lipinski definition) is 0. The molecular weight excluding hydrogens is 324 g/mol. The third kappa shape index (κ3) is 3.99. The Morgan fingerprint density at radius 1 is 1.12 bits per heavy atom. The number of ether oxygens (including phenoxy) is 1. The first-order valence-corrected chi connectivity index (χ1v) is 10.2. The van der Waals surface area contributed by atoms with Crippen molar-refractivity contribution in [3.05, 3.63) is 28.3 Å². The Kier molecular flexibility index (Phi) is 5.50. The van der Waals surface area contributed by atoms with Crippen molar-refractivity contribution in [2.75, 3.05) is 31.1 Å². The molecule has 0 saturated heterocycles. The van der Waals surface area contributed by atoms with Gasteiger partial charge in [0, 0.05) is 31.9 Å². The molecular formula is C22H34N2O2. The highest BCUT2D eigenvalue weighted by molar-refractivity contribution is 5.69. The van der Waals surface area contributed by atoms with Crippen LogP contribution in [0.25, 0.3) is 0 Å². The fourth-order valence-corrected chi connectivity index (χ4v) is 4.38. The van der Waals surface area contributed by atoms with Gasteiger partial charge in [-0.05, 0) is 82.1 Å². The number of fused-ring (bicyclic) bond motifs is 2. The van der Waals surface area contributed by atoms with Gasteiger partial charge in [0.05, 0.1) is 0 Å². The van der Waals surface area contributed by atoms with Crippen molar-refractivity contribution in [1.82, 2.24) is 4.90 Å². The van der Waals surface area contributed by atoms with Gasteiger partial charge < -0.3 is 14.5 Å². The first-order chi connectivity index (χ1) is 12.3. The Labute approximate surface area is 158 Å². The highest BCUT2D eigenvalue weighted by Crippen LogP contribution is 2.36. The lowest BCUT2D eigenvalue weighted by Gasteiger charge is -2.34. The van der Waals surface area contributed by atoms with Gasteiger partial charge in [0.1, 0.15) is 5.60 Å². The molecule has 4 heteroatoms. The topological polar surface area (TPSA) is 32.8 Å². The average Bonchev–Trinajstić information content (AvgIpc) is 2.76. The molecule has 26 heavy (non-hydrogen) atoms. The summed E-state index contributed by atoms with van der Waals surface area (Å²) in [5.41, 5.74) is 6.88. The molecule has 2 heterocycles. The molecule has 0 atom stereocenters. The summed E-state index contributed by atoms with van der Waals surface area (Å²) in [6.07, 6.45) is 5.28. The summed E-state index contributed by atoms with van der Waals surface area (Å²) in [5.74, 6) is 0. The number of aryl methyl sites for hydroxylation is 1. The minimum Gasteiger partial charge on any atom is -0.444 e. The third-order valence-electron chi connectivity index (χ3n) is 5.47. The van der Waals surface area contributed by atoms with E-state index in [1.807, 2.05) is 25.7 Å². The first-order valence-electron chi connectivity index (χ1n) is 10.2.